The van der Waals surface area contributed by atoms with E-state index in [1.807, 2.05) is 5.38 Å². The van der Waals surface area contributed by atoms with Crippen LogP contribution in [0.3, 0.4) is 0 Å². The van der Waals surface area contributed by atoms with E-state index in [1.54, 1.807) is 0 Å². The van der Waals surface area contributed by atoms with Crippen molar-refractivity contribution in [2.24, 2.45) is 0 Å². The van der Waals surface area contributed by atoms with Crippen molar-refractivity contribution >= 4 is 39.2 Å². The number of anilines is 1. The van der Waals surface area contributed by atoms with Gasteiger partial charge in [-0.25, -0.2) is 14.4 Å². The number of aromatic nitrogens is 2. The van der Waals surface area contributed by atoms with Crippen molar-refractivity contribution in [2.75, 3.05) is 5.73 Å². The number of fused-ring (bicyclic) bond motifs is 1. The van der Waals surface area contributed by atoms with Crippen molar-refractivity contribution in [3.05, 3.63) is 39.9 Å². The van der Waals surface area contributed by atoms with Gasteiger partial charge in [0.2, 0.25) is 5.89 Å². The van der Waals surface area contributed by atoms with E-state index >= 15 is 0 Å². The van der Waals surface area contributed by atoms with Gasteiger partial charge in [-0.2, -0.15) is 0 Å². The molecule has 0 bridgehead atoms. The van der Waals surface area contributed by atoms with Crippen LogP contribution in [0, 0.1) is 5.82 Å². The topological polar surface area (TPSA) is 64.9 Å². The second kappa shape index (κ2) is 4.22. The lowest BCUT2D eigenvalue weighted by atomic mass is 10.3. The monoisotopic (exact) mass is 283 g/mol. The highest BCUT2D eigenvalue weighted by atomic mass is 35.5. The lowest BCUT2D eigenvalue weighted by Crippen LogP contribution is -1.89. The van der Waals surface area contributed by atoms with Crippen LogP contribution in [-0.2, 0) is 6.42 Å². The zero-order valence-corrected chi connectivity index (χ0v) is 10.6. The quantitative estimate of drug-likeness (QED) is 0.784. The molecule has 0 radical (unpaired) electrons. The second-order valence-electron chi connectivity index (χ2n) is 3.70. The van der Waals surface area contributed by atoms with E-state index in [1.165, 1.54) is 23.5 Å². The van der Waals surface area contributed by atoms with Gasteiger partial charge < -0.3 is 10.2 Å². The lowest BCUT2D eigenvalue weighted by Gasteiger charge is -1.91. The Labute approximate surface area is 110 Å². The Kier molecular flexibility index (Phi) is 2.68. The number of halogens is 2. The number of rotatable bonds is 2. The first-order chi connectivity index (χ1) is 8.61. The Balaban J connectivity index is 2.01. The molecule has 0 unspecified atom stereocenters. The molecule has 2 aromatic heterocycles. The van der Waals surface area contributed by atoms with Crippen LogP contribution in [0.2, 0.25) is 5.02 Å². The average molecular weight is 284 g/mol. The van der Waals surface area contributed by atoms with Crippen molar-refractivity contribution in [1.29, 1.82) is 0 Å². The van der Waals surface area contributed by atoms with Gasteiger partial charge >= 0.3 is 0 Å². The summed E-state index contributed by atoms with van der Waals surface area (Å²) in [7, 11) is 0. The van der Waals surface area contributed by atoms with E-state index in [2.05, 4.69) is 9.97 Å². The molecule has 3 rings (SSSR count). The fourth-order valence-electron chi connectivity index (χ4n) is 1.64. The van der Waals surface area contributed by atoms with Gasteiger partial charge in [0.25, 0.3) is 0 Å². The Morgan fingerprint density at radius 2 is 2.22 bits per heavy atom. The van der Waals surface area contributed by atoms with Gasteiger partial charge in [-0.15, -0.1) is 11.3 Å². The molecular formula is C11H7ClFN3OS. The summed E-state index contributed by atoms with van der Waals surface area (Å²) in [6, 6.07) is 2.48. The first-order valence-electron chi connectivity index (χ1n) is 5.06. The van der Waals surface area contributed by atoms with Crippen LogP contribution in [-0.4, -0.2) is 9.97 Å². The molecule has 0 spiro atoms. The number of nitrogens with two attached hydrogens (primary N) is 1. The number of benzene rings is 1. The molecule has 1 aromatic carbocycles. The van der Waals surface area contributed by atoms with Crippen molar-refractivity contribution in [1.82, 2.24) is 9.97 Å². The lowest BCUT2D eigenvalue weighted by molar-refractivity contribution is 0.542. The molecule has 0 saturated heterocycles. The maximum atomic E-state index is 13.1. The highest BCUT2D eigenvalue weighted by Crippen LogP contribution is 2.26. The summed E-state index contributed by atoms with van der Waals surface area (Å²) < 4.78 is 18.6. The molecule has 4 nitrogen and oxygen atoms in total. The molecule has 0 amide bonds. The summed E-state index contributed by atoms with van der Waals surface area (Å²) in [5, 5.41) is 2.53. The van der Waals surface area contributed by atoms with Crippen LogP contribution in [0.15, 0.2) is 21.9 Å². The predicted molar refractivity (Wildman–Crippen MR) is 68.3 cm³/mol. The molecule has 0 aliphatic heterocycles. The number of hydrogen-bond donors (Lipinski definition) is 1. The SMILES string of the molecule is Nc1nc(Cc2nc3cc(F)cc(Cl)c3o2)cs1. The minimum absolute atomic E-state index is 0.210. The van der Waals surface area contributed by atoms with Gasteiger partial charge in [0.15, 0.2) is 10.7 Å². The van der Waals surface area contributed by atoms with Crippen LogP contribution in [0.25, 0.3) is 11.1 Å². The van der Waals surface area contributed by atoms with Crippen molar-refractivity contribution in [2.45, 2.75) is 6.42 Å². The minimum Gasteiger partial charge on any atom is -0.439 e. The van der Waals surface area contributed by atoms with E-state index in [0.29, 0.717) is 28.5 Å². The zero-order chi connectivity index (χ0) is 12.7. The summed E-state index contributed by atoms with van der Waals surface area (Å²) >= 11 is 7.22. The van der Waals surface area contributed by atoms with Gasteiger partial charge in [-0.05, 0) is 6.07 Å². The van der Waals surface area contributed by atoms with Gasteiger partial charge in [0.1, 0.15) is 11.3 Å². The largest absolute Gasteiger partial charge is 0.439 e. The van der Waals surface area contributed by atoms with Crippen LogP contribution in [0.5, 0.6) is 0 Å². The first kappa shape index (κ1) is 11.4. The van der Waals surface area contributed by atoms with E-state index in [-0.39, 0.29) is 5.02 Å². The van der Waals surface area contributed by atoms with Crippen LogP contribution >= 0.6 is 22.9 Å². The number of nitrogen functional groups attached to an aromatic ring is 1. The van der Waals surface area contributed by atoms with Crippen molar-refractivity contribution < 1.29 is 8.81 Å². The smallest absolute Gasteiger partial charge is 0.201 e. The molecule has 0 aliphatic rings. The molecule has 7 heteroatoms. The normalized spacial score (nSPS) is 11.2. The molecule has 0 fully saturated rings. The van der Waals surface area contributed by atoms with Gasteiger partial charge in [0, 0.05) is 11.4 Å². The van der Waals surface area contributed by atoms with E-state index in [4.69, 9.17) is 21.8 Å². The average Bonchev–Trinajstić information content (AvgIpc) is 2.85. The van der Waals surface area contributed by atoms with Crippen LogP contribution in [0.4, 0.5) is 9.52 Å². The highest BCUT2D eigenvalue weighted by Gasteiger charge is 2.12. The highest BCUT2D eigenvalue weighted by molar-refractivity contribution is 7.13. The molecule has 0 saturated carbocycles. The minimum atomic E-state index is -0.440. The van der Waals surface area contributed by atoms with Crippen LogP contribution in [0.1, 0.15) is 11.6 Å². The molecule has 2 N–H and O–H groups in total. The number of oxazole rings is 1. The molecule has 0 aliphatic carbocycles. The van der Waals surface area contributed by atoms with Crippen LogP contribution < -0.4 is 5.73 Å². The Morgan fingerprint density at radius 3 is 2.94 bits per heavy atom. The fraction of sp³-hybridized carbons (Fsp3) is 0.0909. The van der Waals surface area contributed by atoms with Gasteiger partial charge in [-0.1, -0.05) is 11.6 Å². The molecule has 18 heavy (non-hydrogen) atoms. The molecule has 3 aromatic rings. The first-order valence-corrected chi connectivity index (χ1v) is 6.32. The summed E-state index contributed by atoms with van der Waals surface area (Å²) in [5.41, 5.74) is 7.09. The maximum absolute atomic E-state index is 13.1. The number of hydrogen-bond acceptors (Lipinski definition) is 5. The third kappa shape index (κ3) is 2.04. The third-order valence-electron chi connectivity index (χ3n) is 2.36. The maximum Gasteiger partial charge on any atom is 0.201 e. The van der Waals surface area contributed by atoms with Crippen molar-refractivity contribution in [3.8, 4) is 0 Å². The fourth-order valence-corrected chi connectivity index (χ4v) is 2.44. The molecular weight excluding hydrogens is 277 g/mol. The summed E-state index contributed by atoms with van der Waals surface area (Å²) in [4.78, 5) is 8.28. The standard InChI is InChI=1S/C11H7ClFN3OS/c12-7-1-5(13)2-8-10(7)17-9(16-8)3-6-4-18-11(14)15-6/h1-2,4H,3H2,(H2,14,15). The summed E-state index contributed by atoms with van der Waals surface area (Å²) in [6.07, 6.45) is 0.403. The van der Waals surface area contributed by atoms with E-state index in [9.17, 15) is 4.39 Å². The Hall–Kier alpha value is -1.66. The Bertz CT molecular complexity index is 724. The van der Waals surface area contributed by atoms with E-state index < -0.39 is 5.82 Å². The third-order valence-corrected chi connectivity index (χ3v) is 3.36. The molecule has 2 heterocycles. The Morgan fingerprint density at radius 1 is 1.39 bits per heavy atom. The van der Waals surface area contributed by atoms with Gasteiger partial charge in [0.05, 0.1) is 17.1 Å². The number of thiazole rings is 1. The molecule has 92 valence electrons. The van der Waals surface area contributed by atoms with Gasteiger partial charge in [-0.3, -0.25) is 0 Å². The second-order valence-corrected chi connectivity index (χ2v) is 4.99. The van der Waals surface area contributed by atoms with Crippen molar-refractivity contribution in [3.63, 3.8) is 0 Å². The molecule has 0 atom stereocenters. The summed E-state index contributed by atoms with van der Waals surface area (Å²) in [6.45, 7) is 0. The summed E-state index contributed by atoms with van der Waals surface area (Å²) in [5.74, 6) is -0.00643. The van der Waals surface area contributed by atoms with E-state index in [0.717, 1.165) is 5.69 Å². The number of nitrogens with zero attached hydrogens (tertiary/aromatic N) is 2. The predicted octanol–water partition coefficient (Wildman–Crippen LogP) is 3.25. The zero-order valence-electron chi connectivity index (χ0n) is 8.98.